The van der Waals surface area contributed by atoms with Crippen molar-refractivity contribution < 1.29 is 0 Å². The van der Waals surface area contributed by atoms with Crippen LogP contribution in [0.1, 0.15) is 5.56 Å². The molecular weight excluding hydrogens is 231 g/mol. The molecular formula is C11H14Cl2N2. The molecule has 2 nitrogen and oxygen atoms in total. The number of rotatable bonds is 0. The van der Waals surface area contributed by atoms with Gasteiger partial charge in [-0.3, -0.25) is 0 Å². The summed E-state index contributed by atoms with van der Waals surface area (Å²) in [6, 6.07) is 6.90. The molecule has 0 aromatic heterocycles. The summed E-state index contributed by atoms with van der Waals surface area (Å²) >= 11 is 6.01. The summed E-state index contributed by atoms with van der Waals surface area (Å²) in [5.41, 5.74) is 2.80. The lowest BCUT2D eigenvalue weighted by Crippen LogP contribution is -2.49. The van der Waals surface area contributed by atoms with Crippen LogP contribution in [0.5, 0.6) is 0 Å². The van der Waals surface area contributed by atoms with E-state index in [1.807, 2.05) is 6.07 Å². The first-order valence-electron chi connectivity index (χ1n) is 5.10. The smallest absolute Gasteiger partial charge is 0.0456 e. The number of hydrogen-bond donors (Lipinski definition) is 1. The summed E-state index contributed by atoms with van der Waals surface area (Å²) in [5, 5.41) is 4.28. The fourth-order valence-electron chi connectivity index (χ4n) is 2.49. The van der Waals surface area contributed by atoms with Crippen molar-refractivity contribution in [2.75, 3.05) is 24.5 Å². The molecule has 2 aliphatic rings. The molecule has 1 saturated heterocycles. The summed E-state index contributed by atoms with van der Waals surface area (Å²) in [7, 11) is 0. The zero-order valence-corrected chi connectivity index (χ0v) is 9.94. The van der Waals surface area contributed by atoms with Crippen LogP contribution in [0.4, 0.5) is 5.69 Å². The molecule has 1 N–H and O–H groups in total. The van der Waals surface area contributed by atoms with E-state index in [1.54, 1.807) is 0 Å². The second kappa shape index (κ2) is 4.20. The number of anilines is 1. The van der Waals surface area contributed by atoms with E-state index >= 15 is 0 Å². The molecule has 0 amide bonds. The average molecular weight is 245 g/mol. The molecule has 4 heteroatoms. The minimum Gasteiger partial charge on any atom is -0.365 e. The summed E-state index contributed by atoms with van der Waals surface area (Å²) in [6.07, 6.45) is 1.17. The molecule has 0 aliphatic carbocycles. The third kappa shape index (κ3) is 1.82. The van der Waals surface area contributed by atoms with E-state index in [0.29, 0.717) is 6.04 Å². The molecule has 0 radical (unpaired) electrons. The van der Waals surface area contributed by atoms with E-state index in [9.17, 15) is 0 Å². The molecule has 1 fully saturated rings. The van der Waals surface area contributed by atoms with Gasteiger partial charge >= 0.3 is 0 Å². The van der Waals surface area contributed by atoms with Gasteiger partial charge in [-0.1, -0.05) is 17.7 Å². The Bertz CT molecular complexity index is 368. The molecule has 3 rings (SSSR count). The predicted octanol–water partition coefficient (Wildman–Crippen LogP) is 2.10. The van der Waals surface area contributed by atoms with Gasteiger partial charge in [0.1, 0.15) is 0 Å². The van der Waals surface area contributed by atoms with Crippen molar-refractivity contribution in [3.8, 4) is 0 Å². The third-order valence-corrected chi connectivity index (χ3v) is 3.40. The number of benzene rings is 1. The zero-order valence-electron chi connectivity index (χ0n) is 8.37. The Labute approximate surface area is 101 Å². The van der Waals surface area contributed by atoms with E-state index in [4.69, 9.17) is 11.6 Å². The fourth-order valence-corrected chi connectivity index (χ4v) is 2.66. The van der Waals surface area contributed by atoms with Gasteiger partial charge in [0.2, 0.25) is 0 Å². The maximum Gasteiger partial charge on any atom is 0.0456 e. The highest BCUT2D eigenvalue weighted by atomic mass is 35.5. The van der Waals surface area contributed by atoms with Crippen molar-refractivity contribution in [3.63, 3.8) is 0 Å². The van der Waals surface area contributed by atoms with Crippen LogP contribution in [0.25, 0.3) is 0 Å². The predicted molar refractivity (Wildman–Crippen MR) is 66.4 cm³/mol. The molecule has 1 aromatic rings. The molecule has 1 atom stereocenters. The number of fused-ring (bicyclic) bond motifs is 3. The van der Waals surface area contributed by atoms with Gasteiger partial charge in [-0.15, -0.1) is 12.4 Å². The Morgan fingerprint density at radius 2 is 2.27 bits per heavy atom. The summed E-state index contributed by atoms with van der Waals surface area (Å²) < 4.78 is 0. The van der Waals surface area contributed by atoms with Gasteiger partial charge in [-0.2, -0.15) is 0 Å². The van der Waals surface area contributed by atoms with Crippen molar-refractivity contribution in [2.45, 2.75) is 12.5 Å². The highest BCUT2D eigenvalue weighted by molar-refractivity contribution is 6.30. The highest BCUT2D eigenvalue weighted by Gasteiger charge is 2.30. The van der Waals surface area contributed by atoms with Gasteiger partial charge in [0.05, 0.1) is 0 Å². The van der Waals surface area contributed by atoms with Crippen molar-refractivity contribution in [3.05, 3.63) is 28.8 Å². The molecule has 2 aliphatic heterocycles. The largest absolute Gasteiger partial charge is 0.365 e. The number of nitrogens with one attached hydrogen (secondary N) is 1. The Morgan fingerprint density at radius 1 is 1.40 bits per heavy atom. The minimum atomic E-state index is 0. The summed E-state index contributed by atoms with van der Waals surface area (Å²) in [6.45, 7) is 3.30. The van der Waals surface area contributed by atoms with E-state index in [0.717, 1.165) is 24.7 Å². The Kier molecular flexibility index (Phi) is 3.10. The topological polar surface area (TPSA) is 15.3 Å². The molecule has 0 saturated carbocycles. The van der Waals surface area contributed by atoms with E-state index in [2.05, 4.69) is 22.3 Å². The van der Waals surface area contributed by atoms with Crippen molar-refractivity contribution in [2.24, 2.45) is 0 Å². The van der Waals surface area contributed by atoms with Crippen molar-refractivity contribution in [1.82, 2.24) is 5.32 Å². The quantitative estimate of drug-likeness (QED) is 0.753. The van der Waals surface area contributed by atoms with Crippen LogP contribution in [0.2, 0.25) is 5.02 Å². The SMILES string of the molecule is Cl.Clc1ccc2c(c1)N1CCNC[C@@H]1C2. The molecule has 0 unspecified atom stereocenters. The van der Waals surface area contributed by atoms with Crippen LogP contribution in [-0.4, -0.2) is 25.7 Å². The number of nitrogens with zero attached hydrogens (tertiary/aromatic N) is 1. The Balaban J connectivity index is 0.000000853. The van der Waals surface area contributed by atoms with Gasteiger partial charge in [-0.25, -0.2) is 0 Å². The van der Waals surface area contributed by atoms with Gasteiger partial charge in [0.25, 0.3) is 0 Å². The molecule has 2 heterocycles. The van der Waals surface area contributed by atoms with Crippen molar-refractivity contribution in [1.29, 1.82) is 0 Å². The Morgan fingerprint density at radius 3 is 3.13 bits per heavy atom. The van der Waals surface area contributed by atoms with Crippen LogP contribution in [0.15, 0.2) is 18.2 Å². The van der Waals surface area contributed by atoms with Crippen LogP contribution in [-0.2, 0) is 6.42 Å². The molecule has 0 spiro atoms. The second-order valence-electron chi connectivity index (χ2n) is 4.03. The van der Waals surface area contributed by atoms with Crippen LogP contribution in [0, 0.1) is 0 Å². The normalized spacial score (nSPS) is 23.0. The lowest BCUT2D eigenvalue weighted by Gasteiger charge is -2.32. The monoisotopic (exact) mass is 244 g/mol. The maximum absolute atomic E-state index is 6.01. The third-order valence-electron chi connectivity index (χ3n) is 3.16. The van der Waals surface area contributed by atoms with Crippen LogP contribution in [0.3, 0.4) is 0 Å². The fraction of sp³-hybridized carbons (Fsp3) is 0.455. The average Bonchev–Trinajstić information content (AvgIpc) is 2.56. The van der Waals surface area contributed by atoms with Gasteiger partial charge in [0.15, 0.2) is 0 Å². The molecule has 1 aromatic carbocycles. The van der Waals surface area contributed by atoms with Crippen LogP contribution < -0.4 is 10.2 Å². The summed E-state index contributed by atoms with van der Waals surface area (Å²) in [5.74, 6) is 0. The second-order valence-corrected chi connectivity index (χ2v) is 4.46. The minimum absolute atomic E-state index is 0. The lowest BCUT2D eigenvalue weighted by atomic mass is 10.1. The highest BCUT2D eigenvalue weighted by Crippen LogP contribution is 2.34. The number of piperazine rings is 1. The van der Waals surface area contributed by atoms with Gasteiger partial charge < -0.3 is 10.2 Å². The number of halogens is 2. The molecule has 82 valence electrons. The number of hydrogen-bond acceptors (Lipinski definition) is 2. The van der Waals surface area contributed by atoms with E-state index in [-0.39, 0.29) is 12.4 Å². The van der Waals surface area contributed by atoms with Crippen molar-refractivity contribution >= 4 is 29.7 Å². The first-order valence-corrected chi connectivity index (χ1v) is 5.48. The molecule has 0 bridgehead atoms. The first-order chi connectivity index (χ1) is 6.84. The Hall–Kier alpha value is -0.440. The maximum atomic E-state index is 6.01. The lowest BCUT2D eigenvalue weighted by molar-refractivity contribution is 0.495. The van der Waals surface area contributed by atoms with E-state index in [1.165, 1.54) is 17.7 Å². The summed E-state index contributed by atoms with van der Waals surface area (Å²) in [4.78, 5) is 2.48. The molecule has 15 heavy (non-hydrogen) atoms. The first kappa shape index (κ1) is 11.1. The van der Waals surface area contributed by atoms with Crippen LogP contribution >= 0.6 is 24.0 Å². The zero-order chi connectivity index (χ0) is 9.54. The van der Waals surface area contributed by atoms with E-state index < -0.39 is 0 Å². The van der Waals surface area contributed by atoms with Gasteiger partial charge in [-0.05, 0) is 24.1 Å². The standard InChI is InChI=1S/C11H13ClN2.ClH/c12-9-2-1-8-5-10-7-13-3-4-14(10)11(8)6-9;/h1-2,6,10,13H,3-5,7H2;1H/t10-;/m0./s1. The van der Waals surface area contributed by atoms with Gasteiger partial charge in [0, 0.05) is 36.4 Å².